The minimum absolute atomic E-state index is 0.895. The van der Waals surface area contributed by atoms with Crippen molar-refractivity contribution < 1.29 is 0 Å². The summed E-state index contributed by atoms with van der Waals surface area (Å²) < 4.78 is 2.36. The Bertz CT molecular complexity index is 3000. The molecule has 0 amide bonds. The zero-order chi connectivity index (χ0) is 36.3. The van der Waals surface area contributed by atoms with Crippen molar-refractivity contribution in [3.63, 3.8) is 0 Å². The van der Waals surface area contributed by atoms with Gasteiger partial charge in [0, 0.05) is 31.8 Å². The molecule has 1 aliphatic rings. The maximum absolute atomic E-state index is 5.39. The van der Waals surface area contributed by atoms with Crippen LogP contribution in [0.2, 0.25) is 0 Å². The number of hydrogen-bond acceptors (Lipinski definition) is 3. The molecule has 0 N–H and O–H groups in total. The Balaban J connectivity index is 1.14. The first-order valence-corrected chi connectivity index (χ1v) is 19.4. The van der Waals surface area contributed by atoms with E-state index in [1.807, 2.05) is 11.8 Å². The minimum atomic E-state index is 0.895. The summed E-state index contributed by atoms with van der Waals surface area (Å²) in [5, 5.41) is 4.89. The normalized spacial score (nSPS) is 12.3. The second-order valence-corrected chi connectivity index (χ2v) is 15.1. The SMILES string of the molecule is c1ccc(-c2cc(-c3ccccc3)nc(-n3c4ccc(-c5ccc6c(c5)N(c5ccccc5)c5ccccc5S6)cc4c4c5ccccc5ccc43)c2)cc1. The van der Waals surface area contributed by atoms with Gasteiger partial charge in [-0.15, -0.1) is 0 Å². The molecule has 55 heavy (non-hydrogen) atoms. The molecule has 1 aliphatic heterocycles. The lowest BCUT2D eigenvalue weighted by molar-refractivity contribution is 1.08. The Hall–Kier alpha value is -6.88. The Kier molecular flexibility index (Phi) is 7.42. The third kappa shape index (κ3) is 5.33. The van der Waals surface area contributed by atoms with Gasteiger partial charge in [0.25, 0.3) is 0 Å². The second-order valence-electron chi connectivity index (χ2n) is 14.0. The first-order chi connectivity index (χ1) is 27.3. The highest BCUT2D eigenvalue weighted by Crippen LogP contribution is 2.52. The first-order valence-electron chi connectivity index (χ1n) is 18.6. The molecule has 3 nitrogen and oxygen atoms in total. The molecule has 258 valence electrons. The average Bonchev–Trinajstić information content (AvgIpc) is 3.60. The Morgan fingerprint density at radius 2 is 1.05 bits per heavy atom. The van der Waals surface area contributed by atoms with E-state index in [4.69, 9.17) is 4.98 Å². The van der Waals surface area contributed by atoms with Gasteiger partial charge in [0.1, 0.15) is 5.82 Å². The highest BCUT2D eigenvalue weighted by atomic mass is 32.2. The molecule has 0 saturated carbocycles. The molecule has 0 spiro atoms. The van der Waals surface area contributed by atoms with Crippen molar-refractivity contribution in [1.29, 1.82) is 0 Å². The molecule has 0 fully saturated rings. The van der Waals surface area contributed by atoms with Gasteiger partial charge in [0.05, 0.1) is 28.1 Å². The van der Waals surface area contributed by atoms with Gasteiger partial charge in [-0.3, -0.25) is 4.57 Å². The lowest BCUT2D eigenvalue weighted by Gasteiger charge is -2.33. The van der Waals surface area contributed by atoms with Crippen molar-refractivity contribution >= 4 is 61.4 Å². The lowest BCUT2D eigenvalue weighted by Crippen LogP contribution is -2.14. The summed E-state index contributed by atoms with van der Waals surface area (Å²) in [6.45, 7) is 0. The van der Waals surface area contributed by atoms with Crippen LogP contribution in [0.3, 0.4) is 0 Å². The fourth-order valence-electron chi connectivity index (χ4n) is 8.19. The monoisotopic (exact) mass is 719 g/mol. The van der Waals surface area contributed by atoms with E-state index in [2.05, 4.69) is 210 Å². The largest absolute Gasteiger partial charge is 0.308 e. The van der Waals surface area contributed by atoms with Gasteiger partial charge in [-0.2, -0.15) is 0 Å². The van der Waals surface area contributed by atoms with Crippen LogP contribution in [0.15, 0.2) is 210 Å². The molecule has 2 aromatic heterocycles. The zero-order valence-electron chi connectivity index (χ0n) is 29.8. The van der Waals surface area contributed by atoms with Gasteiger partial charge < -0.3 is 4.90 Å². The van der Waals surface area contributed by atoms with E-state index < -0.39 is 0 Å². The van der Waals surface area contributed by atoms with Crippen LogP contribution in [0, 0.1) is 0 Å². The van der Waals surface area contributed by atoms with E-state index in [0.717, 1.165) is 44.9 Å². The van der Waals surface area contributed by atoms with Crippen LogP contribution in [0.5, 0.6) is 0 Å². The van der Waals surface area contributed by atoms with Crippen LogP contribution >= 0.6 is 11.8 Å². The number of pyridine rings is 1. The molecule has 0 saturated heterocycles. The quantitative estimate of drug-likeness (QED) is 0.177. The summed E-state index contributed by atoms with van der Waals surface area (Å²) in [4.78, 5) is 10.3. The zero-order valence-corrected chi connectivity index (χ0v) is 30.6. The molecule has 10 aromatic rings. The predicted molar refractivity (Wildman–Crippen MR) is 231 cm³/mol. The summed E-state index contributed by atoms with van der Waals surface area (Å²) in [5.74, 6) is 0.895. The molecule has 0 unspecified atom stereocenters. The third-order valence-electron chi connectivity index (χ3n) is 10.7. The molecule has 11 rings (SSSR count). The second kappa shape index (κ2) is 12.9. The molecule has 3 heterocycles. The van der Waals surface area contributed by atoms with Crippen LogP contribution in [0.1, 0.15) is 0 Å². The third-order valence-corrected chi connectivity index (χ3v) is 11.9. The van der Waals surface area contributed by atoms with Gasteiger partial charge in [-0.05, 0) is 99.8 Å². The first kappa shape index (κ1) is 31.6. The van der Waals surface area contributed by atoms with E-state index in [1.54, 1.807) is 0 Å². The number of para-hydroxylation sites is 2. The van der Waals surface area contributed by atoms with E-state index in [0.29, 0.717) is 0 Å². The number of nitrogens with zero attached hydrogens (tertiary/aromatic N) is 3. The Morgan fingerprint density at radius 1 is 0.400 bits per heavy atom. The highest BCUT2D eigenvalue weighted by molar-refractivity contribution is 7.99. The van der Waals surface area contributed by atoms with E-state index in [1.165, 1.54) is 53.8 Å². The van der Waals surface area contributed by atoms with Gasteiger partial charge in [0.2, 0.25) is 0 Å². The van der Waals surface area contributed by atoms with Crippen LogP contribution in [0.4, 0.5) is 17.1 Å². The highest BCUT2D eigenvalue weighted by Gasteiger charge is 2.25. The number of rotatable bonds is 5. The smallest absolute Gasteiger partial charge is 0.138 e. The summed E-state index contributed by atoms with van der Waals surface area (Å²) >= 11 is 1.84. The van der Waals surface area contributed by atoms with Crippen LogP contribution in [-0.4, -0.2) is 9.55 Å². The number of hydrogen-bond donors (Lipinski definition) is 0. The molecular formula is C51H33N3S. The molecule has 8 aromatic carbocycles. The van der Waals surface area contributed by atoms with E-state index in [9.17, 15) is 0 Å². The van der Waals surface area contributed by atoms with Crippen molar-refractivity contribution in [1.82, 2.24) is 9.55 Å². The molecule has 4 heteroatoms. The van der Waals surface area contributed by atoms with Crippen molar-refractivity contribution in [3.05, 3.63) is 200 Å². The topological polar surface area (TPSA) is 21.1 Å². The van der Waals surface area contributed by atoms with Crippen LogP contribution in [-0.2, 0) is 0 Å². The summed E-state index contributed by atoms with van der Waals surface area (Å²) in [7, 11) is 0. The van der Waals surface area contributed by atoms with Crippen LogP contribution in [0.25, 0.3) is 71.9 Å². The number of benzene rings is 8. The fraction of sp³-hybridized carbons (Fsp3) is 0. The molecular weight excluding hydrogens is 687 g/mol. The van der Waals surface area contributed by atoms with E-state index in [-0.39, 0.29) is 0 Å². The average molecular weight is 720 g/mol. The number of anilines is 3. The summed E-state index contributed by atoms with van der Waals surface area (Å²) in [6, 6.07) is 72.1. The van der Waals surface area contributed by atoms with Gasteiger partial charge in [-0.25, -0.2) is 4.98 Å². The lowest BCUT2D eigenvalue weighted by atomic mass is 9.99. The maximum Gasteiger partial charge on any atom is 0.138 e. The van der Waals surface area contributed by atoms with Gasteiger partial charge in [-0.1, -0.05) is 145 Å². The summed E-state index contributed by atoms with van der Waals surface area (Å²) in [5.41, 5.74) is 12.5. The predicted octanol–water partition coefficient (Wildman–Crippen LogP) is 14.3. The molecule has 0 bridgehead atoms. The molecule has 0 atom stereocenters. The standard InChI is InChI=1S/C51H33N3S/c1-4-14-34(15-5-1)39-31-43(36-17-6-2-7-18-36)52-50(33-39)54-44-27-25-37(30-42(44)51-41-21-11-10-16-35(41)24-28-46(51)54)38-26-29-49-47(32-38)53(40-19-8-3-9-20-40)45-22-12-13-23-48(45)55-49/h1-33H. The number of fused-ring (bicyclic) bond motifs is 7. The molecule has 0 aliphatic carbocycles. The summed E-state index contributed by atoms with van der Waals surface area (Å²) in [6.07, 6.45) is 0. The van der Waals surface area contributed by atoms with Crippen molar-refractivity contribution in [2.24, 2.45) is 0 Å². The number of aromatic nitrogens is 2. The van der Waals surface area contributed by atoms with Gasteiger partial charge in [0.15, 0.2) is 0 Å². The maximum atomic E-state index is 5.39. The van der Waals surface area contributed by atoms with Crippen molar-refractivity contribution in [2.45, 2.75) is 9.79 Å². The van der Waals surface area contributed by atoms with Crippen LogP contribution < -0.4 is 4.90 Å². The molecule has 0 radical (unpaired) electrons. The fourth-order valence-corrected chi connectivity index (χ4v) is 9.23. The Labute approximate surface area is 323 Å². The minimum Gasteiger partial charge on any atom is -0.308 e. The van der Waals surface area contributed by atoms with Crippen molar-refractivity contribution in [2.75, 3.05) is 4.90 Å². The van der Waals surface area contributed by atoms with Crippen molar-refractivity contribution in [3.8, 4) is 39.3 Å². The Morgan fingerprint density at radius 3 is 1.89 bits per heavy atom. The van der Waals surface area contributed by atoms with E-state index >= 15 is 0 Å². The van der Waals surface area contributed by atoms with Gasteiger partial charge >= 0.3 is 0 Å².